The average molecular weight is 317 g/mol. The van der Waals surface area contributed by atoms with Gasteiger partial charge in [-0.25, -0.2) is 4.79 Å². The number of ether oxygens (including phenoxy) is 1. The zero-order chi connectivity index (χ0) is 16.8. The van der Waals surface area contributed by atoms with E-state index in [0.717, 1.165) is 0 Å². The third-order valence-electron chi connectivity index (χ3n) is 3.07. The van der Waals surface area contributed by atoms with Gasteiger partial charge in [0.15, 0.2) is 6.10 Å². The summed E-state index contributed by atoms with van der Waals surface area (Å²) in [6.07, 6.45) is 0.381. The van der Waals surface area contributed by atoms with Crippen LogP contribution in [-0.2, 0) is 9.53 Å². The van der Waals surface area contributed by atoms with Crippen molar-refractivity contribution in [2.45, 2.75) is 26.9 Å². The third-order valence-corrected chi connectivity index (χ3v) is 3.07. The molecule has 1 heterocycles. The largest absolute Gasteiger partial charge is 0.449 e. The van der Waals surface area contributed by atoms with Gasteiger partial charge < -0.3 is 14.5 Å². The van der Waals surface area contributed by atoms with Gasteiger partial charge in [-0.2, -0.15) is 0 Å². The molecule has 0 fully saturated rings. The van der Waals surface area contributed by atoms with E-state index in [4.69, 9.17) is 9.15 Å². The predicted molar refractivity (Wildman–Crippen MR) is 82.5 cm³/mol. The van der Waals surface area contributed by atoms with E-state index >= 15 is 0 Å². The molecule has 0 saturated heterocycles. The zero-order valence-corrected chi connectivity index (χ0v) is 13.3. The summed E-state index contributed by atoms with van der Waals surface area (Å²) in [5.74, 6) is -0.172. The first-order chi connectivity index (χ1) is 11.0. The Bertz CT molecular complexity index is 650. The maximum Gasteiger partial charge on any atom is 0.338 e. The van der Waals surface area contributed by atoms with Crippen LogP contribution in [0, 0.1) is 5.92 Å². The molecule has 0 aliphatic carbocycles. The molecule has 1 aromatic heterocycles. The molecule has 0 aliphatic heterocycles. The van der Waals surface area contributed by atoms with Gasteiger partial charge in [-0.05, 0) is 37.1 Å². The second-order valence-electron chi connectivity index (χ2n) is 5.51. The molecule has 0 unspecified atom stereocenters. The van der Waals surface area contributed by atoms with E-state index < -0.39 is 12.1 Å². The van der Waals surface area contributed by atoms with Crippen LogP contribution in [0.3, 0.4) is 0 Å². The monoisotopic (exact) mass is 317 g/mol. The number of benzene rings is 1. The molecule has 0 spiro atoms. The molecule has 122 valence electrons. The van der Waals surface area contributed by atoms with Gasteiger partial charge in [0, 0.05) is 12.1 Å². The van der Waals surface area contributed by atoms with E-state index in [1.807, 2.05) is 13.8 Å². The average Bonchev–Trinajstić information content (AvgIpc) is 3.07. The Hall–Kier alpha value is -2.70. The zero-order valence-electron chi connectivity index (χ0n) is 13.3. The molecule has 1 aromatic carbocycles. The number of esters is 1. The number of rotatable bonds is 6. The molecule has 0 radical (unpaired) electrons. The number of hydrogen-bond acceptors (Lipinski definition) is 6. The molecular weight excluding hydrogens is 298 g/mol. The highest BCUT2D eigenvalue weighted by Gasteiger charge is 2.19. The lowest BCUT2D eigenvalue weighted by molar-refractivity contribution is -0.129. The molecule has 7 heteroatoms. The molecule has 7 nitrogen and oxygen atoms in total. The molecule has 23 heavy (non-hydrogen) atoms. The van der Waals surface area contributed by atoms with Gasteiger partial charge in [0.25, 0.3) is 5.91 Å². The van der Waals surface area contributed by atoms with Crippen molar-refractivity contribution in [1.82, 2.24) is 15.5 Å². The Morgan fingerprint density at radius 2 is 1.91 bits per heavy atom. The summed E-state index contributed by atoms with van der Waals surface area (Å²) in [5.41, 5.74) is 1.04. The van der Waals surface area contributed by atoms with E-state index in [1.54, 1.807) is 31.2 Å². The van der Waals surface area contributed by atoms with Crippen molar-refractivity contribution < 1.29 is 18.7 Å². The summed E-state index contributed by atoms with van der Waals surface area (Å²) in [5, 5.41) is 10.1. The second-order valence-corrected chi connectivity index (χ2v) is 5.51. The van der Waals surface area contributed by atoms with Crippen LogP contribution in [0.1, 0.15) is 31.1 Å². The Labute approximate surface area is 134 Å². The van der Waals surface area contributed by atoms with E-state index in [-0.39, 0.29) is 5.91 Å². The minimum atomic E-state index is -0.850. The predicted octanol–water partition coefficient (Wildman–Crippen LogP) is 2.05. The summed E-state index contributed by atoms with van der Waals surface area (Å²) in [6, 6.07) is 6.52. The smallest absolute Gasteiger partial charge is 0.338 e. The van der Waals surface area contributed by atoms with Crippen LogP contribution in [0.25, 0.3) is 11.5 Å². The molecule has 1 N–H and O–H groups in total. The summed E-state index contributed by atoms with van der Waals surface area (Å²) in [6.45, 7) is 6.06. The fraction of sp³-hybridized carbons (Fsp3) is 0.375. The number of aromatic nitrogens is 2. The van der Waals surface area contributed by atoms with Crippen LogP contribution in [0.15, 0.2) is 35.1 Å². The summed E-state index contributed by atoms with van der Waals surface area (Å²) in [4.78, 5) is 23.8. The lowest BCUT2D eigenvalue weighted by atomic mass is 10.1. The van der Waals surface area contributed by atoms with Gasteiger partial charge in [0.05, 0.1) is 5.56 Å². The molecular formula is C16H19N3O4. The van der Waals surface area contributed by atoms with Crippen molar-refractivity contribution in [3.8, 4) is 11.5 Å². The highest BCUT2D eigenvalue weighted by Crippen LogP contribution is 2.17. The van der Waals surface area contributed by atoms with E-state index in [0.29, 0.717) is 29.5 Å². The van der Waals surface area contributed by atoms with Crippen LogP contribution >= 0.6 is 0 Å². The first kappa shape index (κ1) is 16.7. The van der Waals surface area contributed by atoms with Crippen molar-refractivity contribution in [2.75, 3.05) is 6.54 Å². The van der Waals surface area contributed by atoms with Crippen LogP contribution in [0.2, 0.25) is 0 Å². The first-order valence-corrected chi connectivity index (χ1v) is 7.32. The van der Waals surface area contributed by atoms with Crippen LogP contribution in [0.4, 0.5) is 0 Å². The lowest BCUT2D eigenvalue weighted by Gasteiger charge is -2.14. The fourth-order valence-corrected chi connectivity index (χ4v) is 1.78. The normalized spacial score (nSPS) is 12.0. The maximum atomic E-state index is 12.0. The summed E-state index contributed by atoms with van der Waals surface area (Å²) < 4.78 is 10.2. The molecule has 1 amide bonds. The fourth-order valence-electron chi connectivity index (χ4n) is 1.78. The molecule has 0 aliphatic rings. The maximum absolute atomic E-state index is 12.0. The minimum Gasteiger partial charge on any atom is -0.449 e. The van der Waals surface area contributed by atoms with Crippen molar-refractivity contribution in [3.05, 3.63) is 36.2 Å². The van der Waals surface area contributed by atoms with Gasteiger partial charge in [-0.1, -0.05) is 13.8 Å². The standard InChI is InChI=1S/C16H19N3O4/c1-10(2)8-17-14(20)11(3)23-16(21)13-6-4-12(5-7-13)15-19-18-9-22-15/h4-7,9-11H,8H2,1-3H3,(H,17,20)/t11-/m1/s1. The Kier molecular flexibility index (Phi) is 5.46. The number of amides is 1. The SMILES string of the molecule is CC(C)CNC(=O)[C@@H](C)OC(=O)c1ccc(-c2nnco2)cc1. The van der Waals surface area contributed by atoms with Crippen molar-refractivity contribution >= 4 is 11.9 Å². The van der Waals surface area contributed by atoms with Crippen molar-refractivity contribution in [1.29, 1.82) is 0 Å². The first-order valence-electron chi connectivity index (χ1n) is 7.32. The van der Waals surface area contributed by atoms with Gasteiger partial charge in [-0.3, -0.25) is 4.79 Å². The van der Waals surface area contributed by atoms with Crippen molar-refractivity contribution in [3.63, 3.8) is 0 Å². The van der Waals surface area contributed by atoms with Gasteiger partial charge in [0.1, 0.15) is 0 Å². The molecule has 0 saturated carbocycles. The van der Waals surface area contributed by atoms with Crippen LogP contribution in [-0.4, -0.2) is 34.7 Å². The van der Waals surface area contributed by atoms with Gasteiger partial charge in [-0.15, -0.1) is 10.2 Å². The Balaban J connectivity index is 1.94. The summed E-state index contributed by atoms with van der Waals surface area (Å²) in [7, 11) is 0. The highest BCUT2D eigenvalue weighted by atomic mass is 16.5. The van der Waals surface area contributed by atoms with Crippen LogP contribution in [0.5, 0.6) is 0 Å². The molecule has 2 aromatic rings. The number of nitrogens with zero attached hydrogens (tertiary/aromatic N) is 2. The molecule has 2 rings (SSSR count). The topological polar surface area (TPSA) is 94.3 Å². The lowest BCUT2D eigenvalue weighted by Crippen LogP contribution is -2.37. The minimum absolute atomic E-state index is 0.311. The van der Waals surface area contributed by atoms with Gasteiger partial charge >= 0.3 is 5.97 Å². The van der Waals surface area contributed by atoms with Crippen LogP contribution < -0.4 is 5.32 Å². The third kappa shape index (κ3) is 4.64. The Morgan fingerprint density at radius 3 is 2.48 bits per heavy atom. The second kappa shape index (κ2) is 7.53. The molecule has 0 bridgehead atoms. The summed E-state index contributed by atoms with van der Waals surface area (Å²) >= 11 is 0. The van der Waals surface area contributed by atoms with Gasteiger partial charge in [0.2, 0.25) is 12.3 Å². The Morgan fingerprint density at radius 1 is 1.22 bits per heavy atom. The number of carbonyl (C=O) groups excluding carboxylic acids is 2. The van der Waals surface area contributed by atoms with E-state index in [1.165, 1.54) is 6.39 Å². The highest BCUT2D eigenvalue weighted by molar-refractivity contribution is 5.92. The number of hydrogen-bond donors (Lipinski definition) is 1. The number of carbonyl (C=O) groups is 2. The van der Waals surface area contributed by atoms with Crippen molar-refractivity contribution in [2.24, 2.45) is 5.92 Å². The van der Waals surface area contributed by atoms with E-state index in [9.17, 15) is 9.59 Å². The van der Waals surface area contributed by atoms with E-state index in [2.05, 4.69) is 15.5 Å². The number of nitrogens with one attached hydrogen (secondary N) is 1. The molecule has 1 atom stereocenters. The quantitative estimate of drug-likeness (QED) is 0.819.